The van der Waals surface area contributed by atoms with E-state index in [1.54, 1.807) is 6.07 Å². The minimum atomic E-state index is -0.626. The Bertz CT molecular complexity index is 682. The Labute approximate surface area is 133 Å². The number of carbonyl (C=O) groups is 1. The Morgan fingerprint density at radius 2 is 1.95 bits per heavy atom. The standard InChI is InChI=1S/C14H9BrClF2NO2/c15-8-1-4-13(11(18)5-8)21-7-14(20)19-12-6-9(16)2-3-10(12)17/h1-6H,7H2,(H,19,20). The third-order valence-corrected chi connectivity index (χ3v) is 3.18. The van der Waals surface area contributed by atoms with Crippen molar-refractivity contribution in [2.75, 3.05) is 11.9 Å². The second-order valence-electron chi connectivity index (χ2n) is 4.04. The first-order valence-corrected chi connectivity index (χ1v) is 6.95. The zero-order chi connectivity index (χ0) is 15.4. The number of amides is 1. The lowest BCUT2D eigenvalue weighted by atomic mass is 10.3. The summed E-state index contributed by atoms with van der Waals surface area (Å²) in [5.41, 5.74) is -0.0626. The van der Waals surface area contributed by atoms with Crippen LogP contribution in [0.2, 0.25) is 5.02 Å². The van der Waals surface area contributed by atoms with Gasteiger partial charge in [-0.1, -0.05) is 27.5 Å². The van der Waals surface area contributed by atoms with E-state index in [0.29, 0.717) is 4.47 Å². The van der Waals surface area contributed by atoms with Gasteiger partial charge in [-0.2, -0.15) is 0 Å². The van der Waals surface area contributed by atoms with Gasteiger partial charge in [0.15, 0.2) is 18.2 Å². The molecule has 0 heterocycles. The number of ether oxygens (including phenoxy) is 1. The first kappa shape index (κ1) is 15.7. The number of hydrogen-bond donors (Lipinski definition) is 1. The molecule has 110 valence electrons. The van der Waals surface area contributed by atoms with E-state index in [2.05, 4.69) is 21.2 Å². The van der Waals surface area contributed by atoms with E-state index in [-0.39, 0.29) is 16.5 Å². The molecule has 0 unspecified atom stereocenters. The summed E-state index contributed by atoms with van der Waals surface area (Å²) in [5, 5.41) is 2.58. The molecule has 3 nitrogen and oxygen atoms in total. The molecule has 2 aromatic rings. The molecular weight excluding hydrogens is 368 g/mol. The molecule has 7 heteroatoms. The lowest BCUT2D eigenvalue weighted by Gasteiger charge is -2.09. The zero-order valence-corrected chi connectivity index (χ0v) is 12.8. The monoisotopic (exact) mass is 375 g/mol. The van der Waals surface area contributed by atoms with Crippen LogP contribution in [0.3, 0.4) is 0 Å². The summed E-state index contributed by atoms with van der Waals surface area (Å²) >= 11 is 8.81. The third kappa shape index (κ3) is 4.41. The van der Waals surface area contributed by atoms with Crippen molar-refractivity contribution in [3.05, 3.63) is 57.5 Å². The van der Waals surface area contributed by atoms with E-state index in [1.807, 2.05) is 0 Å². The maximum absolute atomic E-state index is 13.5. The predicted octanol–water partition coefficient (Wildman–Crippen LogP) is 4.40. The van der Waals surface area contributed by atoms with Gasteiger partial charge in [0.25, 0.3) is 5.91 Å². The number of benzene rings is 2. The summed E-state index contributed by atoms with van der Waals surface area (Å²) in [5.74, 6) is -1.92. The fourth-order valence-electron chi connectivity index (χ4n) is 1.52. The van der Waals surface area contributed by atoms with Crippen LogP contribution in [-0.2, 0) is 4.79 Å². The van der Waals surface area contributed by atoms with E-state index in [0.717, 1.165) is 6.07 Å². The van der Waals surface area contributed by atoms with Crippen LogP contribution in [-0.4, -0.2) is 12.5 Å². The van der Waals surface area contributed by atoms with Crippen molar-refractivity contribution in [3.8, 4) is 5.75 Å². The third-order valence-electron chi connectivity index (χ3n) is 2.46. The Balaban J connectivity index is 1.97. The highest BCUT2D eigenvalue weighted by atomic mass is 79.9. The fraction of sp³-hybridized carbons (Fsp3) is 0.0714. The average molecular weight is 377 g/mol. The van der Waals surface area contributed by atoms with Crippen molar-refractivity contribution in [1.29, 1.82) is 0 Å². The van der Waals surface area contributed by atoms with Gasteiger partial charge in [0, 0.05) is 9.50 Å². The molecule has 0 fully saturated rings. The minimum Gasteiger partial charge on any atom is -0.481 e. The van der Waals surface area contributed by atoms with Crippen LogP contribution >= 0.6 is 27.5 Å². The molecule has 0 aliphatic rings. The maximum Gasteiger partial charge on any atom is 0.262 e. The quantitative estimate of drug-likeness (QED) is 0.859. The molecule has 0 atom stereocenters. The van der Waals surface area contributed by atoms with Crippen LogP contribution in [0.25, 0.3) is 0 Å². The van der Waals surface area contributed by atoms with E-state index >= 15 is 0 Å². The average Bonchev–Trinajstić information content (AvgIpc) is 2.42. The SMILES string of the molecule is O=C(COc1ccc(Br)cc1F)Nc1cc(Cl)ccc1F. The summed E-state index contributed by atoms with van der Waals surface area (Å²) in [7, 11) is 0. The van der Waals surface area contributed by atoms with Crippen LogP contribution in [0.15, 0.2) is 40.9 Å². The van der Waals surface area contributed by atoms with Crippen LogP contribution in [0.4, 0.5) is 14.5 Å². The first-order valence-electron chi connectivity index (χ1n) is 5.78. The Hall–Kier alpha value is -1.66. The van der Waals surface area contributed by atoms with Crippen molar-refractivity contribution in [3.63, 3.8) is 0 Å². The van der Waals surface area contributed by atoms with Gasteiger partial charge >= 0.3 is 0 Å². The predicted molar refractivity (Wildman–Crippen MR) is 79.6 cm³/mol. The molecule has 0 saturated carbocycles. The molecular formula is C14H9BrClF2NO2. The molecule has 0 saturated heterocycles. The van der Waals surface area contributed by atoms with Crippen LogP contribution in [0.5, 0.6) is 5.75 Å². The van der Waals surface area contributed by atoms with E-state index in [9.17, 15) is 13.6 Å². The fourth-order valence-corrected chi connectivity index (χ4v) is 2.02. The van der Waals surface area contributed by atoms with E-state index < -0.39 is 24.1 Å². The van der Waals surface area contributed by atoms with Crippen molar-refractivity contribution in [1.82, 2.24) is 0 Å². The molecule has 0 radical (unpaired) electrons. The molecule has 0 bridgehead atoms. The largest absolute Gasteiger partial charge is 0.481 e. The molecule has 0 aliphatic carbocycles. The number of hydrogen-bond acceptors (Lipinski definition) is 2. The van der Waals surface area contributed by atoms with Gasteiger partial charge < -0.3 is 10.1 Å². The highest BCUT2D eigenvalue weighted by Gasteiger charge is 2.10. The smallest absolute Gasteiger partial charge is 0.262 e. The Morgan fingerprint density at radius 3 is 2.67 bits per heavy atom. The summed E-state index contributed by atoms with van der Waals surface area (Å²) in [6, 6.07) is 7.94. The number of halogens is 4. The molecule has 2 aromatic carbocycles. The second-order valence-corrected chi connectivity index (χ2v) is 5.39. The molecule has 1 amide bonds. The molecule has 1 N–H and O–H groups in total. The van der Waals surface area contributed by atoms with Crippen LogP contribution in [0.1, 0.15) is 0 Å². The van der Waals surface area contributed by atoms with Gasteiger partial charge in [0.1, 0.15) is 5.82 Å². The van der Waals surface area contributed by atoms with E-state index in [1.165, 1.54) is 24.3 Å². The highest BCUT2D eigenvalue weighted by molar-refractivity contribution is 9.10. The summed E-state index contributed by atoms with van der Waals surface area (Å²) in [6.07, 6.45) is 0. The zero-order valence-electron chi connectivity index (χ0n) is 10.5. The molecule has 0 spiro atoms. The topological polar surface area (TPSA) is 38.3 Å². The number of rotatable bonds is 4. The number of carbonyl (C=O) groups excluding carboxylic acids is 1. The number of nitrogens with one attached hydrogen (secondary N) is 1. The van der Waals surface area contributed by atoms with Crippen LogP contribution in [0, 0.1) is 11.6 Å². The highest BCUT2D eigenvalue weighted by Crippen LogP contribution is 2.22. The van der Waals surface area contributed by atoms with Gasteiger partial charge in [-0.05, 0) is 36.4 Å². The summed E-state index contributed by atoms with van der Waals surface area (Å²) in [6.45, 7) is -0.454. The summed E-state index contributed by atoms with van der Waals surface area (Å²) < 4.78 is 32.5. The first-order chi connectivity index (χ1) is 9.95. The number of anilines is 1. The minimum absolute atomic E-state index is 0.0626. The van der Waals surface area contributed by atoms with Crippen molar-refractivity contribution >= 4 is 39.1 Å². The maximum atomic E-state index is 13.5. The lowest BCUT2D eigenvalue weighted by molar-refractivity contribution is -0.118. The van der Waals surface area contributed by atoms with Gasteiger partial charge in [0.2, 0.25) is 0 Å². The van der Waals surface area contributed by atoms with E-state index in [4.69, 9.17) is 16.3 Å². The van der Waals surface area contributed by atoms with Gasteiger partial charge in [-0.3, -0.25) is 4.79 Å². The molecule has 0 aliphatic heterocycles. The van der Waals surface area contributed by atoms with Crippen molar-refractivity contribution in [2.45, 2.75) is 0 Å². The van der Waals surface area contributed by atoms with Gasteiger partial charge in [0.05, 0.1) is 5.69 Å². The van der Waals surface area contributed by atoms with Crippen LogP contribution < -0.4 is 10.1 Å². The van der Waals surface area contributed by atoms with Gasteiger partial charge in [-0.15, -0.1) is 0 Å². The normalized spacial score (nSPS) is 10.3. The van der Waals surface area contributed by atoms with Gasteiger partial charge in [-0.25, -0.2) is 8.78 Å². The Kier molecular flexibility index (Phi) is 5.14. The summed E-state index contributed by atoms with van der Waals surface area (Å²) in [4.78, 5) is 11.6. The lowest BCUT2D eigenvalue weighted by Crippen LogP contribution is -2.21. The molecule has 0 aromatic heterocycles. The molecule has 2 rings (SSSR count). The van der Waals surface area contributed by atoms with Crippen molar-refractivity contribution < 1.29 is 18.3 Å². The Morgan fingerprint density at radius 1 is 1.19 bits per heavy atom. The molecule has 21 heavy (non-hydrogen) atoms. The van der Waals surface area contributed by atoms with Crippen molar-refractivity contribution in [2.24, 2.45) is 0 Å². The second kappa shape index (κ2) is 6.87.